The second kappa shape index (κ2) is 11.8. The number of para-hydroxylation sites is 1. The third-order valence-corrected chi connectivity index (χ3v) is 6.85. The molecular weight excluding hydrogens is 538 g/mol. The van der Waals surface area contributed by atoms with Crippen LogP contribution in [0.1, 0.15) is 49.7 Å². The lowest BCUT2D eigenvalue weighted by Gasteiger charge is -2.21. The van der Waals surface area contributed by atoms with Gasteiger partial charge in [0, 0.05) is 29.3 Å². The molecule has 208 valence electrons. The Kier molecular flexibility index (Phi) is 7.96. The van der Waals surface area contributed by atoms with Crippen molar-refractivity contribution in [2.75, 3.05) is 7.11 Å². The van der Waals surface area contributed by atoms with Gasteiger partial charge in [-0.1, -0.05) is 42.5 Å². The fourth-order valence-corrected chi connectivity index (χ4v) is 4.90. The Morgan fingerprint density at radius 3 is 2.27 bits per heavy atom. The molecule has 41 heavy (non-hydrogen) atoms. The zero-order chi connectivity index (χ0) is 29.1. The number of nitrogens with zero attached hydrogens (tertiary/aromatic N) is 1. The number of ketones is 1. The summed E-state index contributed by atoms with van der Waals surface area (Å²) in [4.78, 5) is 30.0. The molecule has 0 N–H and O–H groups in total. The number of hydrogen-bond donors (Lipinski definition) is 0. The van der Waals surface area contributed by atoms with E-state index >= 15 is 0 Å². The summed E-state index contributed by atoms with van der Waals surface area (Å²) in [7, 11) is 1.28. The Morgan fingerprint density at radius 2 is 1.56 bits per heavy atom. The van der Waals surface area contributed by atoms with E-state index in [0.717, 1.165) is 0 Å². The predicted molar refractivity (Wildman–Crippen MR) is 143 cm³/mol. The number of rotatable bonds is 8. The van der Waals surface area contributed by atoms with Crippen molar-refractivity contribution in [3.05, 3.63) is 136 Å². The lowest BCUT2D eigenvalue weighted by atomic mass is 9.85. The quantitative estimate of drug-likeness (QED) is 0.134. The first-order valence-electron chi connectivity index (χ1n) is 12.7. The highest BCUT2D eigenvalue weighted by Crippen LogP contribution is 2.40. The molecule has 4 aromatic rings. The number of hydrogen-bond acceptors (Lipinski definition) is 5. The molecule has 0 saturated heterocycles. The highest BCUT2D eigenvalue weighted by atomic mass is 19.1. The van der Waals surface area contributed by atoms with Gasteiger partial charge in [-0.05, 0) is 47.9 Å². The van der Waals surface area contributed by atoms with Gasteiger partial charge in [0.05, 0.1) is 18.2 Å². The number of methoxy groups -OCH3 is 1. The molecule has 4 aromatic carbocycles. The Bertz CT molecular complexity index is 1630. The van der Waals surface area contributed by atoms with Crippen molar-refractivity contribution in [2.24, 2.45) is 4.99 Å². The van der Waals surface area contributed by atoms with Crippen molar-refractivity contribution in [3.8, 4) is 5.75 Å². The van der Waals surface area contributed by atoms with Crippen LogP contribution in [0.5, 0.6) is 5.75 Å². The number of aliphatic imine (C=N–C) groups is 1. The number of carbonyl (C=O) groups is 2. The van der Waals surface area contributed by atoms with Crippen molar-refractivity contribution >= 4 is 17.5 Å². The maximum atomic E-state index is 14.7. The maximum Gasteiger partial charge on any atom is 0.337 e. The molecule has 1 aliphatic rings. The van der Waals surface area contributed by atoms with Gasteiger partial charge in [-0.2, -0.15) is 0 Å². The van der Waals surface area contributed by atoms with E-state index in [-0.39, 0.29) is 13.0 Å². The van der Waals surface area contributed by atoms with Crippen molar-refractivity contribution < 1.29 is 36.6 Å². The molecule has 1 aliphatic heterocycles. The summed E-state index contributed by atoms with van der Waals surface area (Å²) in [5.74, 6) is -6.02. The van der Waals surface area contributed by atoms with Crippen molar-refractivity contribution in [1.82, 2.24) is 0 Å². The third-order valence-electron chi connectivity index (χ3n) is 6.85. The number of benzene rings is 4. The van der Waals surface area contributed by atoms with Crippen molar-refractivity contribution in [2.45, 2.75) is 25.0 Å². The van der Waals surface area contributed by atoms with Crippen LogP contribution in [0.15, 0.2) is 89.9 Å². The normalized spacial score (nSPS) is 16.3. The van der Waals surface area contributed by atoms with Gasteiger partial charge >= 0.3 is 5.97 Å². The lowest BCUT2D eigenvalue weighted by Crippen LogP contribution is -2.26. The van der Waals surface area contributed by atoms with Gasteiger partial charge in [-0.15, -0.1) is 0 Å². The fourth-order valence-electron chi connectivity index (χ4n) is 4.90. The van der Waals surface area contributed by atoms with E-state index < -0.39 is 52.5 Å². The minimum Gasteiger partial charge on any atom is -0.489 e. The first-order valence-corrected chi connectivity index (χ1v) is 12.7. The summed E-state index contributed by atoms with van der Waals surface area (Å²) in [6.07, 6.45) is 0.185. The molecule has 0 aromatic heterocycles. The molecule has 0 fully saturated rings. The highest BCUT2D eigenvalue weighted by Gasteiger charge is 2.40. The van der Waals surface area contributed by atoms with Crippen LogP contribution in [-0.4, -0.2) is 30.6 Å². The van der Waals surface area contributed by atoms with E-state index in [1.807, 2.05) is 0 Å². The van der Waals surface area contributed by atoms with Crippen LogP contribution in [0.4, 0.5) is 17.6 Å². The largest absolute Gasteiger partial charge is 0.489 e. The molecule has 2 unspecified atom stereocenters. The van der Waals surface area contributed by atoms with Crippen LogP contribution in [0.2, 0.25) is 0 Å². The molecule has 2 atom stereocenters. The molecule has 5 rings (SSSR count). The third kappa shape index (κ3) is 5.89. The molecule has 5 nitrogen and oxygen atoms in total. The number of halogens is 4. The van der Waals surface area contributed by atoms with E-state index in [1.54, 1.807) is 48.5 Å². The van der Waals surface area contributed by atoms with E-state index in [1.165, 1.54) is 31.4 Å². The second-order valence-electron chi connectivity index (χ2n) is 9.47. The molecule has 0 aliphatic carbocycles. The van der Waals surface area contributed by atoms with E-state index in [9.17, 15) is 27.2 Å². The molecule has 0 saturated carbocycles. The Hall–Kier alpha value is -4.79. The average molecular weight is 562 g/mol. The molecule has 0 amide bonds. The van der Waals surface area contributed by atoms with Crippen molar-refractivity contribution in [3.63, 3.8) is 0 Å². The fraction of sp³-hybridized carbons (Fsp3) is 0.156. The predicted octanol–water partition coefficient (Wildman–Crippen LogP) is 6.84. The molecule has 0 spiro atoms. The second-order valence-corrected chi connectivity index (χ2v) is 9.47. The van der Waals surface area contributed by atoms with Gasteiger partial charge in [-0.3, -0.25) is 9.79 Å². The van der Waals surface area contributed by atoms with E-state index in [4.69, 9.17) is 9.47 Å². The minimum absolute atomic E-state index is 0.0695. The summed E-state index contributed by atoms with van der Waals surface area (Å²) in [5, 5.41) is 0. The Morgan fingerprint density at radius 1 is 0.854 bits per heavy atom. The molecule has 0 bridgehead atoms. The van der Waals surface area contributed by atoms with Crippen LogP contribution in [0.3, 0.4) is 0 Å². The average Bonchev–Trinajstić information content (AvgIpc) is 3.41. The van der Waals surface area contributed by atoms with Crippen LogP contribution in [-0.2, 0) is 11.3 Å². The lowest BCUT2D eigenvalue weighted by molar-refractivity contribution is 0.0600. The Labute approximate surface area is 233 Å². The molecule has 9 heteroatoms. The van der Waals surface area contributed by atoms with Gasteiger partial charge in [0.25, 0.3) is 0 Å². The van der Waals surface area contributed by atoms with Crippen LogP contribution in [0.25, 0.3) is 0 Å². The number of Topliss-reactive ketones (excluding diaryl/α,β-unsaturated/α-hetero) is 1. The zero-order valence-corrected chi connectivity index (χ0v) is 21.7. The van der Waals surface area contributed by atoms with Crippen molar-refractivity contribution in [1.29, 1.82) is 0 Å². The number of esters is 1. The standard InChI is InChI=1S/C32H23F4NO4/c1-40-32(39)20-6-4-5-18(13-20)17-41-28-8-3-2-7-23(28)24-16-27(19-9-11-21(33)12-10-19)37-30(24)31(38)29-25(35)14-22(34)15-26(29)36/h2-15,24,30H,16-17H2,1H3. The topological polar surface area (TPSA) is 65.0 Å². The molecule has 0 radical (unpaired) electrons. The van der Waals surface area contributed by atoms with E-state index in [0.29, 0.717) is 45.8 Å². The first-order chi connectivity index (χ1) is 19.7. The summed E-state index contributed by atoms with van der Waals surface area (Å²) < 4.78 is 67.4. The monoisotopic (exact) mass is 561 g/mol. The summed E-state index contributed by atoms with van der Waals surface area (Å²) in [6.45, 7) is 0.0695. The molecule has 1 heterocycles. The summed E-state index contributed by atoms with van der Waals surface area (Å²) in [5.41, 5.74) is 1.69. The van der Waals surface area contributed by atoms with Gasteiger partial charge in [0.2, 0.25) is 0 Å². The van der Waals surface area contributed by atoms with Gasteiger partial charge in [-0.25, -0.2) is 22.4 Å². The summed E-state index contributed by atoms with van der Waals surface area (Å²) in [6, 6.07) is 18.7. The van der Waals surface area contributed by atoms with Gasteiger partial charge in [0.1, 0.15) is 41.7 Å². The van der Waals surface area contributed by atoms with E-state index in [2.05, 4.69) is 4.99 Å². The van der Waals surface area contributed by atoms with Crippen LogP contribution >= 0.6 is 0 Å². The minimum atomic E-state index is -1.33. The summed E-state index contributed by atoms with van der Waals surface area (Å²) >= 11 is 0. The number of ether oxygens (including phenoxy) is 2. The van der Waals surface area contributed by atoms with Crippen LogP contribution < -0.4 is 4.74 Å². The Balaban J connectivity index is 1.50. The highest BCUT2D eigenvalue weighted by molar-refractivity contribution is 6.09. The van der Waals surface area contributed by atoms with Crippen LogP contribution in [0, 0.1) is 23.3 Å². The number of carbonyl (C=O) groups excluding carboxylic acids is 2. The smallest absolute Gasteiger partial charge is 0.337 e. The first kappa shape index (κ1) is 27.8. The zero-order valence-electron chi connectivity index (χ0n) is 21.7. The molecular formula is C32H23F4NO4. The van der Waals surface area contributed by atoms with Gasteiger partial charge < -0.3 is 9.47 Å². The SMILES string of the molecule is COC(=O)c1cccc(COc2ccccc2C2CC(c3ccc(F)cc3)=NC2C(=O)c2c(F)cc(F)cc2F)c1. The van der Waals surface area contributed by atoms with Gasteiger partial charge in [0.15, 0.2) is 5.78 Å². The maximum absolute atomic E-state index is 14.7.